The molecule has 0 fully saturated rings. The topological polar surface area (TPSA) is 46.6 Å². The number of carbonyl (C=O) groups excluding carboxylic acids is 2. The molecule has 5 heteroatoms. The van der Waals surface area contributed by atoms with Crippen molar-refractivity contribution >= 4 is 23.2 Å². The highest BCUT2D eigenvalue weighted by atomic mass is 32.1. The van der Waals surface area contributed by atoms with Gasteiger partial charge in [-0.25, -0.2) is 0 Å². The molecule has 0 saturated heterocycles. The van der Waals surface area contributed by atoms with Crippen molar-refractivity contribution in [3.63, 3.8) is 0 Å². The minimum atomic E-state index is -0.381. The van der Waals surface area contributed by atoms with E-state index in [9.17, 15) is 9.59 Å². The molecule has 4 nitrogen and oxygen atoms in total. The quantitative estimate of drug-likeness (QED) is 0.743. The van der Waals surface area contributed by atoms with Crippen LogP contribution in [0.4, 0.5) is 0 Å². The van der Waals surface area contributed by atoms with Gasteiger partial charge in [0.15, 0.2) is 0 Å². The predicted octanol–water partition coefficient (Wildman–Crippen LogP) is 2.09. The maximum absolute atomic E-state index is 12.1. The standard InChI is InChI=1S/C13H19NO3S/c1-10(2)14(9-13(16)17-3)12(15)7-6-11-5-4-8-18-11/h4-5,8,10H,6-7,9H2,1-3H3. The monoisotopic (exact) mass is 269 g/mol. The Balaban J connectivity index is 2.51. The number of methoxy groups -OCH3 is 1. The molecule has 100 valence electrons. The average Bonchev–Trinajstić information content (AvgIpc) is 2.85. The van der Waals surface area contributed by atoms with E-state index in [1.807, 2.05) is 31.4 Å². The van der Waals surface area contributed by atoms with Gasteiger partial charge in [0, 0.05) is 17.3 Å². The van der Waals surface area contributed by atoms with Gasteiger partial charge in [-0.2, -0.15) is 0 Å². The lowest BCUT2D eigenvalue weighted by atomic mass is 10.2. The van der Waals surface area contributed by atoms with E-state index < -0.39 is 0 Å². The molecule has 0 N–H and O–H groups in total. The van der Waals surface area contributed by atoms with Crippen LogP contribution in [-0.2, 0) is 20.7 Å². The zero-order valence-electron chi connectivity index (χ0n) is 11.0. The van der Waals surface area contributed by atoms with E-state index in [0.717, 1.165) is 6.42 Å². The summed E-state index contributed by atoms with van der Waals surface area (Å²) in [6, 6.07) is 3.98. The fourth-order valence-corrected chi connectivity index (χ4v) is 2.30. The molecule has 1 aromatic heterocycles. The van der Waals surface area contributed by atoms with Crippen LogP contribution in [-0.4, -0.2) is 36.5 Å². The fourth-order valence-electron chi connectivity index (χ4n) is 1.59. The molecule has 0 unspecified atom stereocenters. The molecular formula is C13H19NO3S. The second-order valence-electron chi connectivity index (χ2n) is 4.27. The summed E-state index contributed by atoms with van der Waals surface area (Å²) in [6.07, 6.45) is 1.15. The largest absolute Gasteiger partial charge is 0.468 e. The summed E-state index contributed by atoms with van der Waals surface area (Å²) in [7, 11) is 1.33. The Morgan fingerprint density at radius 2 is 2.17 bits per heavy atom. The summed E-state index contributed by atoms with van der Waals surface area (Å²) in [4.78, 5) is 26.0. The summed E-state index contributed by atoms with van der Waals surface area (Å²) in [5.41, 5.74) is 0. The van der Waals surface area contributed by atoms with Gasteiger partial charge in [0.1, 0.15) is 6.54 Å². The fraction of sp³-hybridized carbons (Fsp3) is 0.538. The predicted molar refractivity (Wildman–Crippen MR) is 71.5 cm³/mol. The minimum Gasteiger partial charge on any atom is -0.468 e. The van der Waals surface area contributed by atoms with Crippen LogP contribution in [0.2, 0.25) is 0 Å². The lowest BCUT2D eigenvalue weighted by Gasteiger charge is -2.25. The van der Waals surface area contributed by atoms with Crippen LogP contribution >= 0.6 is 11.3 Å². The van der Waals surface area contributed by atoms with Crippen LogP contribution in [0, 0.1) is 0 Å². The first-order valence-corrected chi connectivity index (χ1v) is 6.81. The Morgan fingerprint density at radius 3 is 2.67 bits per heavy atom. The van der Waals surface area contributed by atoms with E-state index in [1.165, 1.54) is 12.0 Å². The van der Waals surface area contributed by atoms with E-state index in [0.29, 0.717) is 6.42 Å². The smallest absolute Gasteiger partial charge is 0.325 e. The van der Waals surface area contributed by atoms with Gasteiger partial charge < -0.3 is 9.64 Å². The third-order valence-electron chi connectivity index (χ3n) is 2.64. The summed E-state index contributed by atoms with van der Waals surface area (Å²) in [5.74, 6) is -0.392. The van der Waals surface area contributed by atoms with Crippen molar-refractivity contribution in [3.8, 4) is 0 Å². The lowest BCUT2D eigenvalue weighted by molar-refractivity contribution is -0.148. The van der Waals surface area contributed by atoms with Gasteiger partial charge >= 0.3 is 5.97 Å². The number of amides is 1. The van der Waals surface area contributed by atoms with Crippen molar-refractivity contribution in [1.82, 2.24) is 4.90 Å². The molecule has 1 aromatic rings. The molecule has 0 bridgehead atoms. The molecule has 0 aliphatic carbocycles. The van der Waals surface area contributed by atoms with Crippen LogP contribution in [0.5, 0.6) is 0 Å². The summed E-state index contributed by atoms with van der Waals surface area (Å²) < 4.78 is 4.60. The highest BCUT2D eigenvalue weighted by Gasteiger charge is 2.20. The van der Waals surface area contributed by atoms with Crippen molar-refractivity contribution in [2.24, 2.45) is 0 Å². The van der Waals surface area contributed by atoms with Crippen molar-refractivity contribution in [2.75, 3.05) is 13.7 Å². The minimum absolute atomic E-state index is 0.0000595. The molecule has 0 atom stereocenters. The zero-order valence-corrected chi connectivity index (χ0v) is 11.8. The third-order valence-corrected chi connectivity index (χ3v) is 3.57. The van der Waals surface area contributed by atoms with Crippen molar-refractivity contribution in [1.29, 1.82) is 0 Å². The van der Waals surface area contributed by atoms with Crippen molar-refractivity contribution in [3.05, 3.63) is 22.4 Å². The molecule has 0 radical (unpaired) electrons. The number of hydrogen-bond acceptors (Lipinski definition) is 4. The summed E-state index contributed by atoms with van der Waals surface area (Å²) in [6.45, 7) is 3.81. The van der Waals surface area contributed by atoms with E-state index >= 15 is 0 Å². The number of rotatable bonds is 6. The van der Waals surface area contributed by atoms with Gasteiger partial charge in [-0.15, -0.1) is 11.3 Å². The van der Waals surface area contributed by atoms with Gasteiger partial charge in [-0.3, -0.25) is 9.59 Å². The first-order chi connectivity index (χ1) is 8.54. The normalized spacial score (nSPS) is 10.4. The first kappa shape index (κ1) is 14.7. The first-order valence-electron chi connectivity index (χ1n) is 5.93. The summed E-state index contributed by atoms with van der Waals surface area (Å²) in [5, 5.41) is 1.99. The van der Waals surface area contributed by atoms with Gasteiger partial charge in [-0.1, -0.05) is 6.07 Å². The Labute approximate surface area is 112 Å². The van der Waals surface area contributed by atoms with Crippen LogP contribution in [0.3, 0.4) is 0 Å². The Bertz CT molecular complexity index is 387. The molecule has 0 aromatic carbocycles. The van der Waals surface area contributed by atoms with Gasteiger partial charge in [0.05, 0.1) is 7.11 Å². The zero-order chi connectivity index (χ0) is 13.5. The maximum atomic E-state index is 12.1. The van der Waals surface area contributed by atoms with E-state index in [1.54, 1.807) is 16.2 Å². The number of aryl methyl sites for hydroxylation is 1. The number of carbonyl (C=O) groups is 2. The van der Waals surface area contributed by atoms with Crippen LogP contribution in [0.1, 0.15) is 25.1 Å². The van der Waals surface area contributed by atoms with Gasteiger partial charge in [-0.05, 0) is 31.7 Å². The highest BCUT2D eigenvalue weighted by molar-refractivity contribution is 7.09. The lowest BCUT2D eigenvalue weighted by Crippen LogP contribution is -2.41. The van der Waals surface area contributed by atoms with Crippen molar-refractivity contribution < 1.29 is 14.3 Å². The second kappa shape index (κ2) is 7.16. The molecule has 0 aliphatic heterocycles. The number of ether oxygens (including phenoxy) is 1. The van der Waals surface area contributed by atoms with Gasteiger partial charge in [0.2, 0.25) is 5.91 Å². The Morgan fingerprint density at radius 1 is 1.44 bits per heavy atom. The number of hydrogen-bond donors (Lipinski definition) is 0. The summed E-state index contributed by atoms with van der Waals surface area (Å²) >= 11 is 1.64. The number of thiophene rings is 1. The third kappa shape index (κ3) is 4.49. The second-order valence-corrected chi connectivity index (χ2v) is 5.30. The van der Waals surface area contributed by atoms with E-state index in [2.05, 4.69) is 4.74 Å². The molecule has 0 spiro atoms. The van der Waals surface area contributed by atoms with Crippen molar-refractivity contribution in [2.45, 2.75) is 32.7 Å². The molecule has 18 heavy (non-hydrogen) atoms. The molecule has 1 amide bonds. The highest BCUT2D eigenvalue weighted by Crippen LogP contribution is 2.12. The van der Waals surface area contributed by atoms with Gasteiger partial charge in [0.25, 0.3) is 0 Å². The van der Waals surface area contributed by atoms with E-state index in [-0.39, 0.29) is 24.5 Å². The number of nitrogens with zero attached hydrogens (tertiary/aromatic N) is 1. The van der Waals surface area contributed by atoms with Crippen LogP contribution < -0.4 is 0 Å². The van der Waals surface area contributed by atoms with E-state index in [4.69, 9.17) is 0 Å². The SMILES string of the molecule is COC(=O)CN(C(=O)CCc1cccs1)C(C)C. The number of esters is 1. The molecule has 1 rings (SSSR count). The molecule has 0 saturated carbocycles. The average molecular weight is 269 g/mol. The van der Waals surface area contributed by atoms with Crippen LogP contribution in [0.25, 0.3) is 0 Å². The Kier molecular flexibility index (Phi) is 5.85. The van der Waals surface area contributed by atoms with Crippen LogP contribution in [0.15, 0.2) is 17.5 Å². The molecule has 1 heterocycles. The maximum Gasteiger partial charge on any atom is 0.325 e. The Hall–Kier alpha value is -1.36. The molecule has 0 aliphatic rings. The molecular weight excluding hydrogens is 250 g/mol.